The van der Waals surface area contributed by atoms with Crippen LogP contribution < -0.4 is 4.74 Å². The van der Waals surface area contributed by atoms with Crippen molar-refractivity contribution in [2.24, 2.45) is 0 Å². The number of rotatable bonds is 2. The molecule has 1 fully saturated rings. The normalized spacial score (nSPS) is 21.4. The molecule has 1 atom stereocenters. The van der Waals surface area contributed by atoms with Gasteiger partial charge in [-0.25, -0.2) is 9.37 Å². The molecule has 0 bridgehead atoms. The third kappa shape index (κ3) is 1.81. The van der Waals surface area contributed by atoms with Gasteiger partial charge in [-0.1, -0.05) is 0 Å². The summed E-state index contributed by atoms with van der Waals surface area (Å²) in [5.41, 5.74) is 1.26. The van der Waals surface area contributed by atoms with Gasteiger partial charge in [-0.15, -0.1) is 0 Å². The molecule has 1 aromatic carbocycles. The highest BCUT2D eigenvalue weighted by Gasteiger charge is 2.33. The quantitative estimate of drug-likeness (QED) is 0.844. The zero-order chi connectivity index (χ0) is 13.7. The Morgan fingerprint density at radius 3 is 3.00 bits per heavy atom. The molecule has 2 heterocycles. The smallest absolute Gasteiger partial charge is 0.170 e. The molecule has 1 aromatic heterocycles. The highest BCUT2D eigenvalue weighted by molar-refractivity contribution is 5.99. The average molecular weight is 272 g/mol. The van der Waals surface area contributed by atoms with Crippen LogP contribution in [0.25, 0.3) is 0 Å². The summed E-state index contributed by atoms with van der Waals surface area (Å²) in [5, 5.41) is 0. The first-order valence-electron chi connectivity index (χ1n) is 6.73. The van der Waals surface area contributed by atoms with E-state index in [1.807, 2.05) is 0 Å². The minimum absolute atomic E-state index is 0.0840. The zero-order valence-corrected chi connectivity index (χ0v) is 10.8. The van der Waals surface area contributed by atoms with Crippen LogP contribution in [-0.2, 0) is 0 Å². The first kappa shape index (κ1) is 11.6. The van der Waals surface area contributed by atoms with Crippen LogP contribution in [-0.4, -0.2) is 15.3 Å². The molecule has 4 rings (SSSR count). The number of carbonyl (C=O) groups is 1. The van der Waals surface area contributed by atoms with E-state index in [9.17, 15) is 9.18 Å². The van der Waals surface area contributed by atoms with Crippen molar-refractivity contribution in [1.29, 1.82) is 0 Å². The lowest BCUT2D eigenvalue weighted by molar-refractivity contribution is 0.0838. The fourth-order valence-corrected chi connectivity index (χ4v) is 2.68. The highest BCUT2D eigenvalue weighted by Crippen LogP contribution is 2.40. The summed E-state index contributed by atoms with van der Waals surface area (Å²) in [6.07, 6.45) is 5.74. The fourth-order valence-electron chi connectivity index (χ4n) is 2.68. The van der Waals surface area contributed by atoms with Gasteiger partial charge in [0, 0.05) is 6.04 Å². The molecule has 0 spiro atoms. The predicted octanol–water partition coefficient (Wildman–Crippen LogP) is 3.06. The van der Waals surface area contributed by atoms with Gasteiger partial charge < -0.3 is 9.30 Å². The molecule has 0 N–H and O–H groups in total. The second kappa shape index (κ2) is 4.16. The van der Waals surface area contributed by atoms with Gasteiger partial charge in [-0.3, -0.25) is 4.79 Å². The Balaban J connectivity index is 1.70. The van der Waals surface area contributed by atoms with Crippen molar-refractivity contribution < 1.29 is 13.9 Å². The zero-order valence-electron chi connectivity index (χ0n) is 10.8. The van der Waals surface area contributed by atoms with Crippen molar-refractivity contribution in [3.8, 4) is 5.75 Å². The van der Waals surface area contributed by atoms with Crippen molar-refractivity contribution in [3.05, 3.63) is 47.8 Å². The molecule has 102 valence electrons. The number of halogens is 1. The molecule has 1 aliphatic heterocycles. The highest BCUT2D eigenvalue weighted by atomic mass is 19.1. The molecule has 2 aliphatic rings. The van der Waals surface area contributed by atoms with Gasteiger partial charge in [0.25, 0.3) is 0 Å². The molecule has 1 unspecified atom stereocenters. The van der Waals surface area contributed by atoms with Gasteiger partial charge >= 0.3 is 0 Å². The molecule has 2 aromatic rings. The van der Waals surface area contributed by atoms with E-state index in [0.29, 0.717) is 17.4 Å². The predicted molar refractivity (Wildman–Crippen MR) is 69.2 cm³/mol. The van der Waals surface area contributed by atoms with Gasteiger partial charge in [-0.05, 0) is 31.0 Å². The monoisotopic (exact) mass is 272 g/mol. The lowest BCUT2D eigenvalue weighted by atomic mass is 9.99. The van der Waals surface area contributed by atoms with Gasteiger partial charge in [0.2, 0.25) is 0 Å². The number of ketones is 1. The summed E-state index contributed by atoms with van der Waals surface area (Å²) in [5.74, 6) is -0.0438. The fraction of sp³-hybridized carbons (Fsp3) is 0.333. The van der Waals surface area contributed by atoms with Crippen molar-refractivity contribution in [2.75, 3.05) is 0 Å². The minimum atomic E-state index is -0.415. The number of carbonyl (C=O) groups excluding carboxylic acids is 1. The van der Waals surface area contributed by atoms with Crippen molar-refractivity contribution in [2.45, 2.75) is 31.4 Å². The Morgan fingerprint density at radius 2 is 2.20 bits per heavy atom. The van der Waals surface area contributed by atoms with Crippen LogP contribution in [0.4, 0.5) is 4.39 Å². The van der Waals surface area contributed by atoms with E-state index < -0.39 is 5.82 Å². The van der Waals surface area contributed by atoms with Gasteiger partial charge in [0.05, 0.1) is 30.2 Å². The van der Waals surface area contributed by atoms with Crippen LogP contribution in [0.3, 0.4) is 0 Å². The number of fused-ring (bicyclic) bond motifs is 1. The molecular weight excluding hydrogens is 259 g/mol. The van der Waals surface area contributed by atoms with E-state index in [1.54, 1.807) is 12.5 Å². The SMILES string of the molecule is O=C1CC(c2cncn2C2CC2)Oc2ccc(F)cc21. The van der Waals surface area contributed by atoms with E-state index >= 15 is 0 Å². The third-order valence-electron chi connectivity index (χ3n) is 3.85. The maximum absolute atomic E-state index is 13.2. The van der Waals surface area contributed by atoms with E-state index in [4.69, 9.17) is 4.74 Å². The van der Waals surface area contributed by atoms with Crippen LogP contribution in [0, 0.1) is 5.82 Å². The Bertz CT molecular complexity index is 691. The van der Waals surface area contributed by atoms with Crippen LogP contribution in [0.2, 0.25) is 0 Å². The standard InChI is InChI=1S/C15H13FN2O2/c16-9-1-4-14-11(5-9)13(19)6-15(20-14)12-7-17-8-18(12)10-2-3-10/h1,4-5,7-8,10,15H,2-3,6H2. The summed E-state index contributed by atoms with van der Waals surface area (Å²) >= 11 is 0. The molecule has 1 aliphatic carbocycles. The summed E-state index contributed by atoms with van der Waals surface area (Å²) in [6, 6.07) is 4.56. The number of aromatic nitrogens is 2. The van der Waals surface area contributed by atoms with Crippen LogP contribution >= 0.6 is 0 Å². The summed E-state index contributed by atoms with van der Waals surface area (Å²) in [4.78, 5) is 16.3. The number of benzene rings is 1. The first-order valence-corrected chi connectivity index (χ1v) is 6.73. The minimum Gasteiger partial charge on any atom is -0.483 e. The van der Waals surface area contributed by atoms with E-state index in [0.717, 1.165) is 18.5 Å². The number of hydrogen-bond donors (Lipinski definition) is 0. The lowest BCUT2D eigenvalue weighted by Gasteiger charge is -2.25. The van der Waals surface area contributed by atoms with Gasteiger partial charge in [0.1, 0.15) is 17.7 Å². The second-order valence-electron chi connectivity index (χ2n) is 5.33. The summed E-state index contributed by atoms with van der Waals surface area (Å²) in [7, 11) is 0. The van der Waals surface area contributed by atoms with E-state index in [2.05, 4.69) is 9.55 Å². The number of ether oxygens (including phenoxy) is 1. The van der Waals surface area contributed by atoms with Crippen LogP contribution in [0.1, 0.15) is 47.5 Å². The lowest BCUT2D eigenvalue weighted by Crippen LogP contribution is -2.22. The van der Waals surface area contributed by atoms with Crippen LogP contribution in [0.15, 0.2) is 30.7 Å². The number of imidazole rings is 1. The topological polar surface area (TPSA) is 44.1 Å². The molecule has 0 saturated heterocycles. The summed E-state index contributed by atoms with van der Waals surface area (Å²) < 4.78 is 21.2. The van der Waals surface area contributed by atoms with E-state index in [1.165, 1.54) is 18.2 Å². The largest absolute Gasteiger partial charge is 0.483 e. The average Bonchev–Trinajstić information content (AvgIpc) is 3.17. The molecule has 4 nitrogen and oxygen atoms in total. The molecule has 0 radical (unpaired) electrons. The molecule has 1 saturated carbocycles. The number of Topliss-reactive ketones (excluding diaryl/α,β-unsaturated/α-hetero) is 1. The van der Waals surface area contributed by atoms with Gasteiger partial charge in [-0.2, -0.15) is 0 Å². The second-order valence-corrected chi connectivity index (χ2v) is 5.33. The van der Waals surface area contributed by atoms with E-state index in [-0.39, 0.29) is 18.3 Å². The molecule has 20 heavy (non-hydrogen) atoms. The van der Waals surface area contributed by atoms with Crippen molar-refractivity contribution >= 4 is 5.78 Å². The maximum Gasteiger partial charge on any atom is 0.170 e. The van der Waals surface area contributed by atoms with Gasteiger partial charge in [0.15, 0.2) is 5.78 Å². The summed E-state index contributed by atoms with van der Waals surface area (Å²) in [6.45, 7) is 0. The molecular formula is C15H13FN2O2. The Kier molecular flexibility index (Phi) is 2.42. The maximum atomic E-state index is 13.2. The van der Waals surface area contributed by atoms with Crippen LogP contribution in [0.5, 0.6) is 5.75 Å². The Hall–Kier alpha value is -2.17. The molecule has 5 heteroatoms. The third-order valence-corrected chi connectivity index (χ3v) is 3.85. The molecule has 0 amide bonds. The Morgan fingerprint density at radius 1 is 1.35 bits per heavy atom. The number of nitrogens with zero attached hydrogens (tertiary/aromatic N) is 2. The van der Waals surface area contributed by atoms with Crippen molar-refractivity contribution in [1.82, 2.24) is 9.55 Å². The Labute approximate surface area is 115 Å². The van der Waals surface area contributed by atoms with Crippen molar-refractivity contribution in [3.63, 3.8) is 0 Å². The number of hydrogen-bond acceptors (Lipinski definition) is 3. The first-order chi connectivity index (χ1) is 9.72.